The zero-order valence-electron chi connectivity index (χ0n) is 15.6. The van der Waals surface area contributed by atoms with Crippen LogP contribution in [0.5, 0.6) is 11.5 Å². The average molecular weight is 379 g/mol. The number of hydrogen-bond donors (Lipinski definition) is 1. The van der Waals surface area contributed by atoms with Crippen molar-refractivity contribution < 1.29 is 14.3 Å². The molecular formula is C17H25N5O3S. The molecule has 1 aromatic heterocycles. The third-order valence-electron chi connectivity index (χ3n) is 3.67. The normalized spacial score (nSPS) is 11.8. The van der Waals surface area contributed by atoms with E-state index in [1.54, 1.807) is 18.8 Å². The molecule has 142 valence electrons. The molecule has 26 heavy (non-hydrogen) atoms. The largest absolute Gasteiger partial charge is 0.493 e. The molecule has 2 rings (SSSR count). The molecule has 0 aliphatic heterocycles. The number of tetrazole rings is 1. The number of thioether (sulfide) groups is 1. The Bertz CT molecular complexity index is 722. The minimum absolute atomic E-state index is 0.0228. The van der Waals surface area contributed by atoms with E-state index in [2.05, 4.69) is 27.8 Å². The number of nitrogens with zero attached hydrogens (tertiary/aromatic N) is 4. The summed E-state index contributed by atoms with van der Waals surface area (Å²) in [4.78, 5) is 12.2. The number of methoxy groups -OCH3 is 1. The molecule has 1 N–H and O–H groups in total. The third kappa shape index (κ3) is 5.62. The van der Waals surface area contributed by atoms with Crippen molar-refractivity contribution in [1.82, 2.24) is 25.5 Å². The Kier molecular flexibility index (Phi) is 7.71. The van der Waals surface area contributed by atoms with Crippen molar-refractivity contribution in [3.8, 4) is 11.5 Å². The number of ether oxygens (including phenoxy) is 2. The van der Waals surface area contributed by atoms with Crippen LogP contribution in [-0.4, -0.2) is 45.6 Å². The van der Waals surface area contributed by atoms with Gasteiger partial charge in [0.05, 0.1) is 19.8 Å². The predicted octanol–water partition coefficient (Wildman–Crippen LogP) is 2.37. The Morgan fingerprint density at radius 3 is 2.85 bits per heavy atom. The molecule has 0 radical (unpaired) electrons. The van der Waals surface area contributed by atoms with Crippen LogP contribution in [-0.2, 0) is 11.8 Å². The second-order valence-electron chi connectivity index (χ2n) is 5.73. The van der Waals surface area contributed by atoms with E-state index < -0.39 is 0 Å². The smallest absolute Gasteiger partial charge is 0.221 e. The highest BCUT2D eigenvalue weighted by Crippen LogP contribution is 2.30. The summed E-state index contributed by atoms with van der Waals surface area (Å²) in [5.74, 6) is 1.97. The summed E-state index contributed by atoms with van der Waals surface area (Å²) in [6.45, 7) is 4.64. The molecule has 0 spiro atoms. The zero-order chi connectivity index (χ0) is 18.9. The zero-order valence-corrected chi connectivity index (χ0v) is 16.4. The molecule has 0 aliphatic rings. The third-order valence-corrected chi connectivity index (χ3v) is 4.68. The van der Waals surface area contributed by atoms with Crippen LogP contribution in [0.1, 0.15) is 38.3 Å². The number of aromatic nitrogens is 4. The van der Waals surface area contributed by atoms with E-state index in [4.69, 9.17) is 9.47 Å². The lowest BCUT2D eigenvalue weighted by atomic mass is 10.1. The van der Waals surface area contributed by atoms with Gasteiger partial charge in [-0.05, 0) is 41.5 Å². The number of carbonyl (C=O) groups is 1. The molecule has 0 fully saturated rings. The predicted molar refractivity (Wildman–Crippen MR) is 99.5 cm³/mol. The summed E-state index contributed by atoms with van der Waals surface area (Å²) in [6.07, 6.45) is 1.32. The van der Waals surface area contributed by atoms with Gasteiger partial charge in [-0.2, -0.15) is 0 Å². The maximum Gasteiger partial charge on any atom is 0.221 e. The van der Waals surface area contributed by atoms with Crippen molar-refractivity contribution in [3.63, 3.8) is 0 Å². The van der Waals surface area contributed by atoms with E-state index in [1.165, 1.54) is 11.8 Å². The standard InChI is InChI=1S/C17H25N5O3S/c1-5-9-25-14-7-6-13(11-15(14)24-4)12(2)18-16(23)8-10-26-17-19-20-21-22(17)3/h6-7,11-12H,5,8-10H2,1-4H3,(H,18,23). The molecule has 0 saturated heterocycles. The molecule has 0 bridgehead atoms. The van der Waals surface area contributed by atoms with E-state index in [1.807, 2.05) is 25.1 Å². The molecule has 0 aliphatic carbocycles. The van der Waals surface area contributed by atoms with E-state index in [9.17, 15) is 4.79 Å². The van der Waals surface area contributed by atoms with E-state index in [0.717, 1.165) is 12.0 Å². The molecule has 9 heteroatoms. The molecule has 0 saturated carbocycles. The highest BCUT2D eigenvalue weighted by atomic mass is 32.2. The topological polar surface area (TPSA) is 91.2 Å². The van der Waals surface area contributed by atoms with Gasteiger partial charge in [-0.3, -0.25) is 4.79 Å². The summed E-state index contributed by atoms with van der Waals surface area (Å²) in [6, 6.07) is 5.59. The quantitative estimate of drug-likeness (QED) is 0.634. The number of aryl methyl sites for hydroxylation is 1. The highest BCUT2D eigenvalue weighted by molar-refractivity contribution is 7.99. The number of amides is 1. The first-order chi connectivity index (χ1) is 12.5. The lowest BCUT2D eigenvalue weighted by Crippen LogP contribution is -2.26. The molecule has 1 atom stereocenters. The molecule has 1 unspecified atom stereocenters. The SMILES string of the molecule is CCCOc1ccc(C(C)NC(=O)CCSc2nnnn2C)cc1OC. The molecule has 2 aromatic rings. The van der Waals surface area contributed by atoms with Crippen molar-refractivity contribution in [3.05, 3.63) is 23.8 Å². The Labute approximate surface area is 157 Å². The maximum absolute atomic E-state index is 12.2. The van der Waals surface area contributed by atoms with Gasteiger partial charge in [-0.15, -0.1) is 5.10 Å². The van der Waals surface area contributed by atoms with Gasteiger partial charge in [0.15, 0.2) is 11.5 Å². The minimum Gasteiger partial charge on any atom is -0.493 e. The molecule has 8 nitrogen and oxygen atoms in total. The summed E-state index contributed by atoms with van der Waals surface area (Å²) in [5, 5.41) is 14.9. The van der Waals surface area contributed by atoms with Gasteiger partial charge < -0.3 is 14.8 Å². The fraction of sp³-hybridized carbons (Fsp3) is 0.529. The van der Waals surface area contributed by atoms with E-state index in [0.29, 0.717) is 35.4 Å². The lowest BCUT2D eigenvalue weighted by molar-refractivity contribution is -0.121. The lowest BCUT2D eigenvalue weighted by Gasteiger charge is -2.17. The number of hydrogen-bond acceptors (Lipinski definition) is 7. The van der Waals surface area contributed by atoms with Crippen LogP contribution in [0.3, 0.4) is 0 Å². The fourth-order valence-corrected chi connectivity index (χ4v) is 3.05. The number of benzene rings is 1. The van der Waals surface area contributed by atoms with Crippen LogP contribution < -0.4 is 14.8 Å². The fourth-order valence-electron chi connectivity index (χ4n) is 2.26. The van der Waals surface area contributed by atoms with Gasteiger partial charge in [0.1, 0.15) is 0 Å². The van der Waals surface area contributed by atoms with Gasteiger partial charge in [0, 0.05) is 19.2 Å². The van der Waals surface area contributed by atoms with Crippen molar-refractivity contribution in [2.24, 2.45) is 7.05 Å². The average Bonchev–Trinajstić information content (AvgIpc) is 3.04. The Morgan fingerprint density at radius 1 is 1.38 bits per heavy atom. The summed E-state index contributed by atoms with van der Waals surface area (Å²) >= 11 is 1.45. The Balaban J connectivity index is 1.86. The van der Waals surface area contributed by atoms with E-state index in [-0.39, 0.29) is 11.9 Å². The first-order valence-electron chi connectivity index (χ1n) is 8.50. The van der Waals surface area contributed by atoms with Crippen molar-refractivity contribution in [1.29, 1.82) is 0 Å². The second kappa shape index (κ2) is 10.0. The Morgan fingerprint density at radius 2 is 2.19 bits per heavy atom. The Hall–Kier alpha value is -2.29. The van der Waals surface area contributed by atoms with E-state index >= 15 is 0 Å². The van der Waals surface area contributed by atoms with Gasteiger partial charge in [0.2, 0.25) is 11.1 Å². The number of nitrogens with one attached hydrogen (secondary N) is 1. The van der Waals surface area contributed by atoms with Crippen LogP contribution in [0.25, 0.3) is 0 Å². The van der Waals surface area contributed by atoms with Gasteiger partial charge in [-0.25, -0.2) is 4.68 Å². The van der Waals surface area contributed by atoms with Crippen molar-refractivity contribution in [2.75, 3.05) is 19.5 Å². The number of rotatable bonds is 10. The molecule has 1 heterocycles. The summed E-state index contributed by atoms with van der Waals surface area (Å²) < 4.78 is 12.6. The van der Waals surface area contributed by atoms with Gasteiger partial charge in [-0.1, -0.05) is 24.8 Å². The molecular weight excluding hydrogens is 354 g/mol. The van der Waals surface area contributed by atoms with Crippen LogP contribution in [0.2, 0.25) is 0 Å². The van der Waals surface area contributed by atoms with Gasteiger partial charge in [0.25, 0.3) is 0 Å². The second-order valence-corrected chi connectivity index (χ2v) is 6.79. The summed E-state index contributed by atoms with van der Waals surface area (Å²) in [7, 11) is 3.38. The first-order valence-corrected chi connectivity index (χ1v) is 9.49. The number of carbonyl (C=O) groups excluding carboxylic acids is 1. The molecule has 1 aromatic carbocycles. The van der Waals surface area contributed by atoms with Crippen molar-refractivity contribution in [2.45, 2.75) is 37.9 Å². The van der Waals surface area contributed by atoms with Gasteiger partial charge >= 0.3 is 0 Å². The summed E-state index contributed by atoms with van der Waals surface area (Å²) in [5.41, 5.74) is 0.962. The van der Waals surface area contributed by atoms with Crippen LogP contribution >= 0.6 is 11.8 Å². The first kappa shape index (κ1) is 20.0. The van der Waals surface area contributed by atoms with Crippen LogP contribution in [0.15, 0.2) is 23.4 Å². The minimum atomic E-state index is -0.127. The highest BCUT2D eigenvalue weighted by Gasteiger charge is 2.13. The van der Waals surface area contributed by atoms with Crippen LogP contribution in [0.4, 0.5) is 0 Å². The van der Waals surface area contributed by atoms with Crippen molar-refractivity contribution >= 4 is 17.7 Å². The monoisotopic (exact) mass is 379 g/mol. The molecule has 1 amide bonds. The van der Waals surface area contributed by atoms with Crippen LogP contribution in [0, 0.1) is 0 Å². The maximum atomic E-state index is 12.2.